The fourth-order valence-electron chi connectivity index (χ4n) is 5.49. The predicted octanol–water partition coefficient (Wildman–Crippen LogP) is 0.183. The Morgan fingerprint density at radius 3 is 2.64 bits per heavy atom. The molecule has 0 aromatic rings. The number of rotatable bonds is 8. The standard InChI is InChI=1S/C20H33N3O5/c1-5-7-11(3)22-18(26)16-20-9-8-13(28-20)14(17(25)21-4)15(20)19(27)23(16)12(6-2)10-24/h11-16,24H,5-10H2,1-4H3,(H,21,25)(H,22,26)/t11?,12-,13-,14+,15-,16?,20?/m0/s1. The molecule has 8 nitrogen and oxygen atoms in total. The maximum atomic E-state index is 13.5. The fourth-order valence-corrected chi connectivity index (χ4v) is 5.49. The average Bonchev–Trinajstić information content (AvgIpc) is 3.30. The molecule has 1 spiro atoms. The van der Waals surface area contributed by atoms with Crippen molar-refractivity contribution in [3.05, 3.63) is 0 Å². The molecule has 158 valence electrons. The van der Waals surface area contributed by atoms with Gasteiger partial charge in [-0.15, -0.1) is 0 Å². The second-order valence-electron chi connectivity index (χ2n) is 8.36. The molecule has 3 rings (SSSR count). The number of nitrogens with zero attached hydrogens (tertiary/aromatic N) is 1. The van der Waals surface area contributed by atoms with Crippen LogP contribution in [0.1, 0.15) is 52.9 Å². The van der Waals surface area contributed by atoms with E-state index in [1.165, 1.54) is 4.90 Å². The van der Waals surface area contributed by atoms with E-state index < -0.39 is 29.5 Å². The molecule has 8 heteroatoms. The summed E-state index contributed by atoms with van der Waals surface area (Å²) in [6.07, 6.45) is 3.18. The number of fused-ring (bicyclic) bond motifs is 1. The number of hydrogen-bond acceptors (Lipinski definition) is 5. The predicted molar refractivity (Wildman–Crippen MR) is 102 cm³/mol. The fraction of sp³-hybridized carbons (Fsp3) is 0.850. The highest BCUT2D eigenvalue weighted by atomic mass is 16.5. The Balaban J connectivity index is 2.00. The SMILES string of the molecule is CCCC(C)NC(=O)C1N([C@@H](CC)CO)C(=O)[C@@H]2[C@H](C(=O)NC)[C@@H]3CCC12O3. The number of carbonyl (C=O) groups excluding carboxylic acids is 3. The Hall–Kier alpha value is -1.67. The molecular formula is C20H33N3O5. The van der Waals surface area contributed by atoms with E-state index in [-0.39, 0.29) is 36.5 Å². The van der Waals surface area contributed by atoms with Gasteiger partial charge in [-0.3, -0.25) is 14.4 Å². The maximum absolute atomic E-state index is 13.5. The number of hydrogen-bond donors (Lipinski definition) is 3. The minimum absolute atomic E-state index is 0.0209. The summed E-state index contributed by atoms with van der Waals surface area (Å²) in [6.45, 7) is 5.65. The number of amides is 3. The molecular weight excluding hydrogens is 362 g/mol. The smallest absolute Gasteiger partial charge is 0.246 e. The summed E-state index contributed by atoms with van der Waals surface area (Å²) in [5, 5.41) is 15.6. The molecule has 3 N–H and O–H groups in total. The van der Waals surface area contributed by atoms with Crippen LogP contribution < -0.4 is 10.6 Å². The van der Waals surface area contributed by atoms with Crippen LogP contribution in [0.2, 0.25) is 0 Å². The lowest BCUT2D eigenvalue weighted by molar-refractivity contribution is -0.145. The summed E-state index contributed by atoms with van der Waals surface area (Å²) < 4.78 is 6.27. The number of carbonyl (C=O) groups is 3. The van der Waals surface area contributed by atoms with Gasteiger partial charge >= 0.3 is 0 Å². The van der Waals surface area contributed by atoms with E-state index in [4.69, 9.17) is 4.74 Å². The van der Waals surface area contributed by atoms with Crippen molar-refractivity contribution in [2.24, 2.45) is 11.8 Å². The lowest BCUT2D eigenvalue weighted by Crippen LogP contribution is -2.59. The van der Waals surface area contributed by atoms with Crippen LogP contribution in [-0.4, -0.2) is 71.2 Å². The largest absolute Gasteiger partial charge is 0.394 e. The highest BCUT2D eigenvalue weighted by Crippen LogP contribution is 2.58. The van der Waals surface area contributed by atoms with Gasteiger partial charge in [-0.05, 0) is 32.6 Å². The first-order valence-electron chi connectivity index (χ1n) is 10.5. The van der Waals surface area contributed by atoms with Gasteiger partial charge in [-0.2, -0.15) is 0 Å². The first-order valence-corrected chi connectivity index (χ1v) is 10.5. The number of nitrogens with one attached hydrogen (secondary N) is 2. The zero-order chi connectivity index (χ0) is 20.6. The average molecular weight is 396 g/mol. The first-order chi connectivity index (χ1) is 13.4. The van der Waals surface area contributed by atoms with Gasteiger partial charge in [-0.1, -0.05) is 20.3 Å². The molecule has 0 aromatic carbocycles. The third-order valence-electron chi connectivity index (χ3n) is 6.72. The van der Waals surface area contributed by atoms with E-state index in [9.17, 15) is 19.5 Å². The van der Waals surface area contributed by atoms with Crippen LogP contribution in [0.4, 0.5) is 0 Å². The molecule has 7 atom stereocenters. The molecule has 0 aromatic heterocycles. The van der Waals surface area contributed by atoms with Gasteiger partial charge in [0.1, 0.15) is 11.6 Å². The van der Waals surface area contributed by atoms with Crippen molar-refractivity contribution < 1.29 is 24.2 Å². The van der Waals surface area contributed by atoms with Gasteiger partial charge in [0.25, 0.3) is 0 Å². The van der Waals surface area contributed by atoms with Crippen molar-refractivity contribution in [3.8, 4) is 0 Å². The Labute approximate surface area is 166 Å². The molecule has 3 aliphatic heterocycles. The monoisotopic (exact) mass is 395 g/mol. The molecule has 3 heterocycles. The topological polar surface area (TPSA) is 108 Å². The summed E-state index contributed by atoms with van der Waals surface area (Å²) in [7, 11) is 1.55. The van der Waals surface area contributed by atoms with E-state index in [2.05, 4.69) is 17.6 Å². The lowest BCUT2D eigenvalue weighted by atomic mass is 9.70. The number of likely N-dealkylation sites (tertiary alicyclic amines) is 1. The van der Waals surface area contributed by atoms with Crippen LogP contribution in [-0.2, 0) is 19.1 Å². The van der Waals surface area contributed by atoms with Crippen molar-refractivity contribution in [2.75, 3.05) is 13.7 Å². The summed E-state index contributed by atoms with van der Waals surface area (Å²) >= 11 is 0. The van der Waals surface area contributed by atoms with Crippen LogP contribution in [0.25, 0.3) is 0 Å². The van der Waals surface area contributed by atoms with Gasteiger partial charge in [0, 0.05) is 13.1 Å². The third kappa shape index (κ3) is 3.01. The van der Waals surface area contributed by atoms with Gasteiger partial charge < -0.3 is 25.4 Å². The van der Waals surface area contributed by atoms with Crippen molar-refractivity contribution in [1.82, 2.24) is 15.5 Å². The number of ether oxygens (including phenoxy) is 1. The zero-order valence-corrected chi connectivity index (χ0v) is 17.2. The molecule has 3 fully saturated rings. The molecule has 0 radical (unpaired) electrons. The molecule has 3 aliphatic rings. The Morgan fingerprint density at radius 2 is 2.07 bits per heavy atom. The molecule has 3 amide bonds. The molecule has 2 bridgehead atoms. The van der Waals surface area contributed by atoms with E-state index in [0.29, 0.717) is 19.3 Å². The Bertz CT molecular complexity index is 637. The Morgan fingerprint density at radius 1 is 1.36 bits per heavy atom. The maximum Gasteiger partial charge on any atom is 0.246 e. The number of aliphatic hydroxyl groups is 1. The lowest BCUT2D eigenvalue weighted by Gasteiger charge is -2.37. The van der Waals surface area contributed by atoms with Crippen LogP contribution in [0.3, 0.4) is 0 Å². The Kier molecular flexibility index (Phi) is 6.00. The minimum atomic E-state index is -0.989. The quantitative estimate of drug-likeness (QED) is 0.544. The van der Waals surface area contributed by atoms with Crippen LogP contribution in [0.5, 0.6) is 0 Å². The summed E-state index contributed by atoms with van der Waals surface area (Å²) in [5.41, 5.74) is -0.989. The molecule has 3 unspecified atom stereocenters. The second kappa shape index (κ2) is 7.99. The van der Waals surface area contributed by atoms with Crippen LogP contribution in [0, 0.1) is 11.8 Å². The molecule has 0 aliphatic carbocycles. The van der Waals surface area contributed by atoms with Gasteiger partial charge in [0.2, 0.25) is 17.7 Å². The summed E-state index contributed by atoms with van der Waals surface area (Å²) in [5.74, 6) is -1.98. The van der Waals surface area contributed by atoms with Crippen molar-refractivity contribution >= 4 is 17.7 Å². The minimum Gasteiger partial charge on any atom is -0.394 e. The van der Waals surface area contributed by atoms with E-state index >= 15 is 0 Å². The van der Waals surface area contributed by atoms with Crippen molar-refractivity contribution in [1.29, 1.82) is 0 Å². The van der Waals surface area contributed by atoms with E-state index in [1.54, 1.807) is 7.05 Å². The molecule has 0 saturated carbocycles. The molecule has 28 heavy (non-hydrogen) atoms. The highest BCUT2D eigenvalue weighted by Gasteiger charge is 2.74. The van der Waals surface area contributed by atoms with Gasteiger partial charge in [0.05, 0.1) is 30.6 Å². The third-order valence-corrected chi connectivity index (χ3v) is 6.72. The van der Waals surface area contributed by atoms with E-state index in [0.717, 1.165) is 12.8 Å². The van der Waals surface area contributed by atoms with Crippen LogP contribution >= 0.6 is 0 Å². The highest BCUT2D eigenvalue weighted by molar-refractivity contribution is 5.99. The summed E-state index contributed by atoms with van der Waals surface area (Å²) in [6, 6.07) is -1.31. The van der Waals surface area contributed by atoms with Crippen molar-refractivity contribution in [2.45, 2.75) is 82.7 Å². The normalized spacial score (nSPS) is 35.6. The van der Waals surface area contributed by atoms with E-state index in [1.807, 2.05) is 13.8 Å². The molecule has 3 saturated heterocycles. The van der Waals surface area contributed by atoms with Gasteiger partial charge in [0.15, 0.2) is 0 Å². The first kappa shape index (κ1) is 21.0. The van der Waals surface area contributed by atoms with Crippen molar-refractivity contribution in [3.63, 3.8) is 0 Å². The zero-order valence-electron chi connectivity index (χ0n) is 17.2. The van der Waals surface area contributed by atoms with Crippen LogP contribution in [0.15, 0.2) is 0 Å². The van der Waals surface area contributed by atoms with Gasteiger partial charge in [-0.25, -0.2) is 0 Å². The second-order valence-corrected chi connectivity index (χ2v) is 8.36. The number of aliphatic hydroxyl groups excluding tert-OH is 1. The summed E-state index contributed by atoms with van der Waals surface area (Å²) in [4.78, 5) is 40.8.